The molecule has 0 saturated heterocycles. The molecular formula is C19H16N6O2. The van der Waals surface area contributed by atoms with Crippen LogP contribution in [0.3, 0.4) is 0 Å². The van der Waals surface area contributed by atoms with Gasteiger partial charge in [0.1, 0.15) is 12.0 Å². The Kier molecular flexibility index (Phi) is 4.21. The van der Waals surface area contributed by atoms with Crippen LogP contribution < -0.4 is 5.32 Å². The predicted octanol–water partition coefficient (Wildman–Crippen LogP) is 3.19. The first-order valence-corrected chi connectivity index (χ1v) is 8.29. The number of nitrogens with zero attached hydrogens (tertiary/aromatic N) is 5. The first-order valence-electron chi connectivity index (χ1n) is 8.29. The van der Waals surface area contributed by atoms with E-state index in [-0.39, 0.29) is 11.6 Å². The summed E-state index contributed by atoms with van der Waals surface area (Å²) in [5.41, 5.74) is 2.65. The van der Waals surface area contributed by atoms with Gasteiger partial charge >= 0.3 is 0 Å². The van der Waals surface area contributed by atoms with E-state index in [9.17, 15) is 4.79 Å². The molecule has 0 aliphatic carbocycles. The number of aromatic nitrogens is 5. The summed E-state index contributed by atoms with van der Waals surface area (Å²) in [6.07, 6.45) is 4.79. The highest BCUT2D eigenvalue weighted by atomic mass is 16.5. The maximum atomic E-state index is 12.5. The molecular weight excluding hydrogens is 344 g/mol. The lowest BCUT2D eigenvalue weighted by Crippen LogP contribution is -2.13. The molecule has 8 nitrogen and oxygen atoms in total. The van der Waals surface area contributed by atoms with Gasteiger partial charge in [-0.05, 0) is 37.6 Å². The Bertz CT molecular complexity index is 1110. The second kappa shape index (κ2) is 6.83. The SMILES string of the molecule is Cc1noc(-c2cccnc2-n2cnc(C(=O)Nc3ccccc3C)c2)n1. The Hall–Kier alpha value is -3.81. The molecule has 0 aliphatic rings. The van der Waals surface area contributed by atoms with Crippen LogP contribution in [-0.4, -0.2) is 30.6 Å². The van der Waals surface area contributed by atoms with Crippen molar-refractivity contribution in [2.45, 2.75) is 13.8 Å². The zero-order chi connectivity index (χ0) is 18.8. The van der Waals surface area contributed by atoms with E-state index in [0.29, 0.717) is 23.1 Å². The van der Waals surface area contributed by atoms with Crippen LogP contribution >= 0.6 is 0 Å². The number of carbonyl (C=O) groups is 1. The Morgan fingerprint density at radius 3 is 2.74 bits per heavy atom. The van der Waals surface area contributed by atoms with Crippen molar-refractivity contribution in [1.29, 1.82) is 0 Å². The van der Waals surface area contributed by atoms with Crippen LogP contribution in [0.2, 0.25) is 0 Å². The molecule has 1 N–H and O–H groups in total. The Morgan fingerprint density at radius 1 is 1.11 bits per heavy atom. The molecule has 0 spiro atoms. The second-order valence-electron chi connectivity index (χ2n) is 5.96. The number of carbonyl (C=O) groups excluding carboxylic acids is 1. The van der Waals surface area contributed by atoms with E-state index < -0.39 is 0 Å². The van der Waals surface area contributed by atoms with E-state index in [1.165, 1.54) is 6.33 Å². The summed E-state index contributed by atoms with van der Waals surface area (Å²) in [6.45, 7) is 3.68. The van der Waals surface area contributed by atoms with E-state index in [1.54, 1.807) is 30.0 Å². The number of rotatable bonds is 4. The number of anilines is 1. The fraction of sp³-hybridized carbons (Fsp3) is 0.105. The van der Waals surface area contributed by atoms with Gasteiger partial charge in [-0.15, -0.1) is 0 Å². The van der Waals surface area contributed by atoms with Crippen molar-refractivity contribution in [3.8, 4) is 17.3 Å². The Balaban J connectivity index is 1.64. The highest BCUT2D eigenvalue weighted by Crippen LogP contribution is 2.23. The van der Waals surface area contributed by atoms with Crippen LogP contribution in [0.5, 0.6) is 0 Å². The molecule has 0 unspecified atom stereocenters. The van der Waals surface area contributed by atoms with Crippen molar-refractivity contribution in [2.24, 2.45) is 0 Å². The number of hydrogen-bond acceptors (Lipinski definition) is 6. The fourth-order valence-electron chi connectivity index (χ4n) is 2.63. The smallest absolute Gasteiger partial charge is 0.275 e. The van der Waals surface area contributed by atoms with E-state index in [4.69, 9.17) is 4.52 Å². The summed E-state index contributed by atoms with van der Waals surface area (Å²) in [5, 5.41) is 6.68. The van der Waals surface area contributed by atoms with Gasteiger partial charge in [0.15, 0.2) is 11.6 Å². The number of benzene rings is 1. The fourth-order valence-corrected chi connectivity index (χ4v) is 2.63. The van der Waals surface area contributed by atoms with E-state index >= 15 is 0 Å². The van der Waals surface area contributed by atoms with E-state index in [1.807, 2.05) is 37.3 Å². The van der Waals surface area contributed by atoms with Gasteiger partial charge in [0.05, 0.1) is 5.56 Å². The van der Waals surface area contributed by atoms with Gasteiger partial charge in [-0.25, -0.2) is 9.97 Å². The van der Waals surface area contributed by atoms with Gasteiger partial charge in [-0.3, -0.25) is 9.36 Å². The van der Waals surface area contributed by atoms with Crippen LogP contribution in [0.4, 0.5) is 5.69 Å². The molecule has 0 aliphatic heterocycles. The molecule has 0 fully saturated rings. The Labute approximate surface area is 154 Å². The highest BCUT2D eigenvalue weighted by Gasteiger charge is 2.17. The lowest BCUT2D eigenvalue weighted by molar-refractivity contribution is 0.102. The van der Waals surface area contributed by atoms with Gasteiger partial charge in [-0.2, -0.15) is 4.98 Å². The number of nitrogens with one attached hydrogen (secondary N) is 1. The molecule has 3 heterocycles. The van der Waals surface area contributed by atoms with E-state index in [2.05, 4.69) is 25.4 Å². The minimum Gasteiger partial charge on any atom is -0.334 e. The molecule has 3 aromatic heterocycles. The summed E-state index contributed by atoms with van der Waals surface area (Å²) in [5.74, 6) is 1.14. The lowest BCUT2D eigenvalue weighted by atomic mass is 10.2. The average molecular weight is 360 g/mol. The molecule has 0 bridgehead atoms. The highest BCUT2D eigenvalue weighted by molar-refractivity contribution is 6.03. The van der Waals surface area contributed by atoms with Gasteiger partial charge < -0.3 is 9.84 Å². The predicted molar refractivity (Wildman–Crippen MR) is 98.5 cm³/mol. The maximum Gasteiger partial charge on any atom is 0.275 e. The van der Waals surface area contributed by atoms with Crippen LogP contribution in [0.15, 0.2) is 59.6 Å². The average Bonchev–Trinajstić information content (AvgIpc) is 3.33. The third-order valence-electron chi connectivity index (χ3n) is 4.00. The molecule has 27 heavy (non-hydrogen) atoms. The first kappa shape index (κ1) is 16.6. The molecule has 4 rings (SSSR count). The largest absolute Gasteiger partial charge is 0.334 e. The van der Waals surface area contributed by atoms with Gasteiger partial charge in [0.25, 0.3) is 11.8 Å². The van der Waals surface area contributed by atoms with Crippen LogP contribution in [0, 0.1) is 13.8 Å². The van der Waals surface area contributed by atoms with Crippen LogP contribution in [-0.2, 0) is 0 Å². The summed E-state index contributed by atoms with van der Waals surface area (Å²) in [6, 6.07) is 11.2. The zero-order valence-corrected chi connectivity index (χ0v) is 14.7. The minimum absolute atomic E-state index is 0.275. The summed E-state index contributed by atoms with van der Waals surface area (Å²) in [7, 11) is 0. The third-order valence-corrected chi connectivity index (χ3v) is 4.00. The van der Waals surface area contributed by atoms with Crippen molar-refractivity contribution in [2.75, 3.05) is 5.32 Å². The molecule has 1 amide bonds. The molecule has 1 aromatic carbocycles. The van der Waals surface area contributed by atoms with E-state index in [0.717, 1.165) is 11.3 Å². The molecule has 0 saturated carbocycles. The van der Waals surface area contributed by atoms with Crippen LogP contribution in [0.25, 0.3) is 17.3 Å². The number of hydrogen-bond donors (Lipinski definition) is 1. The lowest BCUT2D eigenvalue weighted by Gasteiger charge is -2.06. The normalized spacial score (nSPS) is 10.7. The number of imidazole rings is 1. The maximum absolute atomic E-state index is 12.5. The number of pyridine rings is 1. The van der Waals surface area contributed by atoms with Gasteiger partial charge in [-0.1, -0.05) is 23.4 Å². The van der Waals surface area contributed by atoms with Crippen molar-refractivity contribution < 1.29 is 9.32 Å². The monoisotopic (exact) mass is 360 g/mol. The second-order valence-corrected chi connectivity index (χ2v) is 5.96. The first-order chi connectivity index (χ1) is 13.1. The third kappa shape index (κ3) is 3.32. The summed E-state index contributed by atoms with van der Waals surface area (Å²) < 4.78 is 6.90. The summed E-state index contributed by atoms with van der Waals surface area (Å²) >= 11 is 0. The van der Waals surface area contributed by atoms with Crippen molar-refractivity contribution in [3.63, 3.8) is 0 Å². The summed E-state index contributed by atoms with van der Waals surface area (Å²) in [4.78, 5) is 25.3. The van der Waals surface area contributed by atoms with Crippen molar-refractivity contribution >= 4 is 11.6 Å². The number of para-hydroxylation sites is 1. The number of amides is 1. The van der Waals surface area contributed by atoms with Gasteiger partial charge in [0, 0.05) is 18.1 Å². The molecule has 8 heteroatoms. The molecule has 134 valence electrons. The Morgan fingerprint density at radius 2 is 1.96 bits per heavy atom. The topological polar surface area (TPSA) is 98.7 Å². The quantitative estimate of drug-likeness (QED) is 0.600. The minimum atomic E-state index is -0.297. The van der Waals surface area contributed by atoms with Crippen LogP contribution in [0.1, 0.15) is 21.9 Å². The van der Waals surface area contributed by atoms with Crippen molar-refractivity contribution in [3.05, 3.63) is 72.2 Å². The zero-order valence-electron chi connectivity index (χ0n) is 14.7. The molecule has 0 atom stereocenters. The molecule has 4 aromatic rings. The standard InChI is InChI=1S/C19H16N6O2/c1-12-6-3-4-8-15(12)23-18(26)16-10-25(11-21-16)17-14(7-5-9-20-17)19-22-13(2)24-27-19/h3-11H,1-2H3,(H,23,26). The van der Waals surface area contributed by atoms with Gasteiger partial charge in [0.2, 0.25) is 0 Å². The number of aryl methyl sites for hydroxylation is 2. The molecule has 0 radical (unpaired) electrons. The van der Waals surface area contributed by atoms with Crippen molar-refractivity contribution in [1.82, 2.24) is 24.7 Å².